The number of nitrogens with one attached hydrogen (secondary N) is 1. The van der Waals surface area contributed by atoms with Gasteiger partial charge in [-0.15, -0.1) is 11.3 Å². The van der Waals surface area contributed by atoms with Crippen molar-refractivity contribution in [1.82, 2.24) is 0 Å². The zero-order valence-electron chi connectivity index (χ0n) is 10.9. The van der Waals surface area contributed by atoms with Crippen molar-refractivity contribution in [1.29, 1.82) is 0 Å². The molecule has 2 aromatic rings. The minimum atomic E-state index is -0.531. The van der Waals surface area contributed by atoms with E-state index in [-0.39, 0.29) is 15.8 Å². The zero-order valence-corrected chi connectivity index (χ0v) is 13.3. The lowest BCUT2D eigenvalue weighted by molar-refractivity contribution is -0.384. The van der Waals surface area contributed by atoms with Gasteiger partial charge in [0.2, 0.25) is 0 Å². The van der Waals surface area contributed by atoms with E-state index in [1.807, 2.05) is 19.9 Å². The number of benzene rings is 1. The largest absolute Gasteiger partial charge is 0.375 e. The Morgan fingerprint density at radius 2 is 2.10 bits per heavy atom. The number of rotatable bonds is 4. The maximum atomic E-state index is 13.5. The number of nitro groups is 1. The second-order valence-electron chi connectivity index (χ2n) is 4.35. The Bertz CT molecular complexity index is 653. The van der Waals surface area contributed by atoms with E-state index in [4.69, 9.17) is 0 Å². The van der Waals surface area contributed by atoms with Gasteiger partial charge in [0.1, 0.15) is 11.5 Å². The Balaban J connectivity index is 2.24. The first kappa shape index (κ1) is 14.9. The van der Waals surface area contributed by atoms with Gasteiger partial charge in [-0.3, -0.25) is 10.1 Å². The van der Waals surface area contributed by atoms with E-state index >= 15 is 0 Å². The van der Waals surface area contributed by atoms with Gasteiger partial charge in [0.25, 0.3) is 5.69 Å². The molecule has 0 radical (unpaired) electrons. The normalized spacial score (nSPS) is 10.6. The maximum Gasteiger partial charge on any atom is 0.293 e. The lowest BCUT2D eigenvalue weighted by Crippen LogP contribution is -2.02. The third-order valence-corrected chi connectivity index (χ3v) is 4.67. The number of nitrogens with zero attached hydrogens (tertiary/aromatic N) is 1. The molecular weight excluding hydrogens is 347 g/mol. The first-order valence-electron chi connectivity index (χ1n) is 5.81. The van der Waals surface area contributed by atoms with Gasteiger partial charge in [-0.25, -0.2) is 4.39 Å². The molecule has 2 rings (SSSR count). The predicted octanol–water partition coefficient (Wildman–Crippen LogP) is 4.79. The van der Waals surface area contributed by atoms with Crippen LogP contribution >= 0.6 is 27.3 Å². The van der Waals surface area contributed by atoms with Crippen molar-refractivity contribution in [3.8, 4) is 0 Å². The van der Waals surface area contributed by atoms with Crippen molar-refractivity contribution < 1.29 is 9.31 Å². The smallest absolute Gasteiger partial charge is 0.293 e. The highest BCUT2D eigenvalue weighted by molar-refractivity contribution is 9.10. The highest BCUT2D eigenvalue weighted by atomic mass is 79.9. The van der Waals surface area contributed by atoms with E-state index in [0.717, 1.165) is 10.9 Å². The molecule has 0 aliphatic carbocycles. The van der Waals surface area contributed by atoms with Crippen LogP contribution < -0.4 is 5.32 Å². The minimum absolute atomic E-state index is 0.0811. The van der Waals surface area contributed by atoms with Crippen molar-refractivity contribution >= 4 is 38.6 Å². The fourth-order valence-electron chi connectivity index (χ4n) is 1.75. The van der Waals surface area contributed by atoms with Gasteiger partial charge in [-0.2, -0.15) is 0 Å². The van der Waals surface area contributed by atoms with Crippen molar-refractivity contribution in [2.45, 2.75) is 20.4 Å². The number of hydrogen-bond donors (Lipinski definition) is 1. The van der Waals surface area contributed by atoms with Crippen LogP contribution in [0, 0.1) is 29.8 Å². The monoisotopic (exact) mass is 358 g/mol. The molecule has 0 saturated heterocycles. The number of thiophene rings is 1. The van der Waals surface area contributed by atoms with Gasteiger partial charge < -0.3 is 5.32 Å². The highest BCUT2D eigenvalue weighted by Crippen LogP contribution is 2.31. The highest BCUT2D eigenvalue weighted by Gasteiger charge is 2.17. The van der Waals surface area contributed by atoms with Gasteiger partial charge in [0, 0.05) is 28.4 Å². The molecule has 1 aromatic carbocycles. The van der Waals surface area contributed by atoms with E-state index in [2.05, 4.69) is 21.2 Å². The number of anilines is 1. The molecule has 106 valence electrons. The lowest BCUT2D eigenvalue weighted by atomic mass is 10.2. The fraction of sp³-hybridized carbons (Fsp3) is 0.231. The van der Waals surface area contributed by atoms with Gasteiger partial charge in [0.05, 0.1) is 9.40 Å². The summed E-state index contributed by atoms with van der Waals surface area (Å²) in [5, 5.41) is 13.9. The van der Waals surface area contributed by atoms with E-state index in [9.17, 15) is 14.5 Å². The molecule has 20 heavy (non-hydrogen) atoms. The Morgan fingerprint density at radius 3 is 2.65 bits per heavy atom. The van der Waals surface area contributed by atoms with Crippen LogP contribution in [0.2, 0.25) is 0 Å². The van der Waals surface area contributed by atoms with Crippen LogP contribution in [0.5, 0.6) is 0 Å². The van der Waals surface area contributed by atoms with Crippen molar-refractivity contribution in [2.24, 2.45) is 0 Å². The summed E-state index contributed by atoms with van der Waals surface area (Å²) in [5.41, 5.74) is 1.21. The third-order valence-electron chi connectivity index (χ3n) is 2.91. The molecule has 1 aromatic heterocycles. The van der Waals surface area contributed by atoms with E-state index < -0.39 is 10.7 Å². The Labute approximate surface area is 127 Å². The molecule has 0 spiro atoms. The summed E-state index contributed by atoms with van der Waals surface area (Å²) in [6.45, 7) is 4.46. The summed E-state index contributed by atoms with van der Waals surface area (Å²) in [6.07, 6.45) is 0. The number of nitro benzene ring substituents is 1. The molecule has 0 atom stereocenters. The SMILES string of the molecule is Cc1cc(CNc2cc(F)c(Br)cc2[N+](=O)[O-])sc1C. The van der Waals surface area contributed by atoms with Crippen LogP contribution in [-0.2, 0) is 6.54 Å². The Morgan fingerprint density at radius 1 is 1.40 bits per heavy atom. The molecule has 0 saturated carbocycles. The summed E-state index contributed by atoms with van der Waals surface area (Å²) >= 11 is 4.57. The molecule has 4 nitrogen and oxygen atoms in total. The first-order chi connectivity index (χ1) is 9.38. The Kier molecular flexibility index (Phi) is 4.39. The average molecular weight is 359 g/mol. The van der Waals surface area contributed by atoms with E-state index in [1.54, 1.807) is 11.3 Å². The third kappa shape index (κ3) is 3.16. The van der Waals surface area contributed by atoms with E-state index in [1.165, 1.54) is 16.5 Å². The summed E-state index contributed by atoms with van der Waals surface area (Å²) in [6, 6.07) is 4.33. The number of hydrogen-bond acceptors (Lipinski definition) is 4. The van der Waals surface area contributed by atoms with Crippen LogP contribution in [0.3, 0.4) is 0 Å². The maximum absolute atomic E-state index is 13.5. The van der Waals surface area contributed by atoms with Crippen LogP contribution in [0.1, 0.15) is 15.3 Å². The van der Waals surface area contributed by atoms with Crippen LogP contribution in [-0.4, -0.2) is 4.92 Å². The fourth-order valence-corrected chi connectivity index (χ4v) is 3.07. The molecule has 0 unspecified atom stereocenters. The number of aryl methyl sites for hydroxylation is 2. The summed E-state index contributed by atoms with van der Waals surface area (Å²) in [5.74, 6) is -0.531. The molecule has 0 bridgehead atoms. The molecule has 7 heteroatoms. The molecule has 0 aliphatic heterocycles. The van der Waals surface area contributed by atoms with Crippen molar-refractivity contribution in [3.05, 3.63) is 53.9 Å². The average Bonchev–Trinajstić information content (AvgIpc) is 2.69. The quantitative estimate of drug-likeness (QED) is 0.631. The molecule has 0 fully saturated rings. The van der Waals surface area contributed by atoms with E-state index in [0.29, 0.717) is 6.54 Å². The second kappa shape index (κ2) is 5.88. The van der Waals surface area contributed by atoms with Gasteiger partial charge >= 0.3 is 0 Å². The molecule has 0 amide bonds. The Hall–Kier alpha value is -1.47. The minimum Gasteiger partial charge on any atom is -0.375 e. The topological polar surface area (TPSA) is 55.2 Å². The lowest BCUT2D eigenvalue weighted by Gasteiger charge is -2.07. The standard InChI is InChI=1S/C13H12BrFN2O2S/c1-7-3-9(20-8(7)2)6-16-12-5-11(15)10(14)4-13(12)17(18)19/h3-5,16H,6H2,1-2H3. The summed E-state index contributed by atoms with van der Waals surface area (Å²) in [7, 11) is 0. The van der Waals surface area contributed by atoms with Crippen LogP contribution in [0.25, 0.3) is 0 Å². The van der Waals surface area contributed by atoms with Crippen molar-refractivity contribution in [3.63, 3.8) is 0 Å². The predicted molar refractivity (Wildman–Crippen MR) is 81.9 cm³/mol. The first-order valence-corrected chi connectivity index (χ1v) is 7.42. The van der Waals surface area contributed by atoms with Gasteiger partial charge in [0.15, 0.2) is 0 Å². The van der Waals surface area contributed by atoms with Gasteiger partial charge in [-0.1, -0.05) is 0 Å². The zero-order chi connectivity index (χ0) is 14.9. The summed E-state index contributed by atoms with van der Waals surface area (Å²) < 4.78 is 13.6. The molecule has 1 heterocycles. The van der Waals surface area contributed by atoms with Crippen LogP contribution in [0.4, 0.5) is 15.8 Å². The van der Waals surface area contributed by atoms with Crippen molar-refractivity contribution in [2.75, 3.05) is 5.32 Å². The van der Waals surface area contributed by atoms with Gasteiger partial charge in [-0.05, 0) is 41.4 Å². The number of halogens is 2. The second-order valence-corrected chi connectivity index (χ2v) is 6.54. The summed E-state index contributed by atoms with van der Waals surface area (Å²) in [4.78, 5) is 12.7. The molecule has 1 N–H and O–H groups in total. The molecule has 0 aliphatic rings. The van der Waals surface area contributed by atoms with Crippen LogP contribution in [0.15, 0.2) is 22.7 Å². The molecular formula is C13H12BrFN2O2S.